The smallest absolute Gasteiger partial charge is 0.0619 e. The molecule has 1 unspecified atom stereocenters. The molecule has 1 aliphatic carbocycles. The molecule has 19 heavy (non-hydrogen) atoms. The molecule has 0 radical (unpaired) electrons. The minimum atomic E-state index is 0.528. The van der Waals surface area contributed by atoms with E-state index < -0.39 is 0 Å². The second-order valence-electron chi connectivity index (χ2n) is 7.13. The molecule has 1 saturated heterocycles. The van der Waals surface area contributed by atoms with Gasteiger partial charge in [-0.15, -0.1) is 0 Å². The maximum absolute atomic E-state index is 5.56. The number of nitrogens with one attached hydrogen (secondary N) is 1. The van der Waals surface area contributed by atoms with E-state index in [1.54, 1.807) is 0 Å². The first-order valence-electron chi connectivity index (χ1n) is 8.14. The van der Waals surface area contributed by atoms with Gasteiger partial charge in [0.2, 0.25) is 0 Å². The summed E-state index contributed by atoms with van der Waals surface area (Å²) in [5.74, 6) is 0.751. The molecular formula is C16H32N2O. The van der Waals surface area contributed by atoms with E-state index >= 15 is 0 Å². The Morgan fingerprint density at radius 1 is 1.32 bits per heavy atom. The van der Waals surface area contributed by atoms with Crippen LogP contribution in [0.2, 0.25) is 0 Å². The third-order valence-electron chi connectivity index (χ3n) is 4.76. The molecule has 0 aromatic rings. The highest BCUT2D eigenvalue weighted by Gasteiger charge is 2.36. The number of nitrogens with zero attached hydrogens (tertiary/aromatic N) is 1. The van der Waals surface area contributed by atoms with Crippen molar-refractivity contribution in [2.45, 2.75) is 52.5 Å². The monoisotopic (exact) mass is 268 g/mol. The van der Waals surface area contributed by atoms with Crippen LogP contribution >= 0.6 is 0 Å². The van der Waals surface area contributed by atoms with Crippen molar-refractivity contribution in [3.05, 3.63) is 0 Å². The van der Waals surface area contributed by atoms with Crippen LogP contribution in [0.15, 0.2) is 0 Å². The van der Waals surface area contributed by atoms with E-state index in [0.717, 1.165) is 32.2 Å². The Morgan fingerprint density at radius 2 is 2.05 bits per heavy atom. The molecule has 1 N–H and O–H groups in total. The summed E-state index contributed by atoms with van der Waals surface area (Å²) in [4.78, 5) is 2.66. The first-order valence-corrected chi connectivity index (χ1v) is 8.14. The topological polar surface area (TPSA) is 24.5 Å². The summed E-state index contributed by atoms with van der Waals surface area (Å²) in [6.45, 7) is 13.5. The molecule has 2 rings (SSSR count). The summed E-state index contributed by atoms with van der Waals surface area (Å²) < 4.78 is 5.56. The van der Waals surface area contributed by atoms with Crippen molar-refractivity contribution in [3.8, 4) is 0 Å². The van der Waals surface area contributed by atoms with Gasteiger partial charge < -0.3 is 10.1 Å². The van der Waals surface area contributed by atoms with Crippen LogP contribution in [-0.2, 0) is 4.74 Å². The van der Waals surface area contributed by atoms with Gasteiger partial charge in [0.25, 0.3) is 0 Å². The average molecular weight is 268 g/mol. The second-order valence-corrected chi connectivity index (χ2v) is 7.13. The minimum Gasteiger partial charge on any atom is -0.379 e. The predicted octanol–water partition coefficient (Wildman–Crippen LogP) is 2.51. The van der Waals surface area contributed by atoms with Crippen molar-refractivity contribution in [3.63, 3.8) is 0 Å². The molecule has 1 aliphatic heterocycles. The average Bonchev–Trinajstić information content (AvgIpc) is 2.81. The molecule has 1 heterocycles. The van der Waals surface area contributed by atoms with Gasteiger partial charge in [-0.25, -0.2) is 0 Å². The molecule has 3 heteroatoms. The van der Waals surface area contributed by atoms with Crippen LogP contribution in [0.3, 0.4) is 0 Å². The Kier molecular flexibility index (Phi) is 5.67. The molecule has 2 aliphatic rings. The van der Waals surface area contributed by atoms with Crippen molar-refractivity contribution in [1.29, 1.82) is 0 Å². The van der Waals surface area contributed by atoms with Crippen molar-refractivity contribution < 1.29 is 4.74 Å². The summed E-state index contributed by atoms with van der Waals surface area (Å²) in [5.41, 5.74) is 0.528. The summed E-state index contributed by atoms with van der Waals surface area (Å²) in [7, 11) is 0. The van der Waals surface area contributed by atoms with Gasteiger partial charge >= 0.3 is 0 Å². The van der Waals surface area contributed by atoms with E-state index in [2.05, 4.69) is 31.0 Å². The Morgan fingerprint density at radius 3 is 2.68 bits per heavy atom. The van der Waals surface area contributed by atoms with Crippen LogP contribution < -0.4 is 5.32 Å². The van der Waals surface area contributed by atoms with E-state index in [1.807, 2.05) is 0 Å². The predicted molar refractivity (Wildman–Crippen MR) is 80.5 cm³/mol. The van der Waals surface area contributed by atoms with E-state index in [-0.39, 0.29) is 0 Å². The largest absolute Gasteiger partial charge is 0.379 e. The van der Waals surface area contributed by atoms with Crippen molar-refractivity contribution in [1.82, 2.24) is 10.2 Å². The van der Waals surface area contributed by atoms with E-state index in [1.165, 1.54) is 38.8 Å². The van der Waals surface area contributed by atoms with Crippen LogP contribution in [0.4, 0.5) is 0 Å². The number of hydrogen-bond acceptors (Lipinski definition) is 3. The van der Waals surface area contributed by atoms with Gasteiger partial charge in [-0.05, 0) is 37.6 Å². The molecule has 1 atom stereocenters. The first kappa shape index (κ1) is 15.3. The molecule has 3 nitrogen and oxygen atoms in total. The number of morpholine rings is 1. The lowest BCUT2D eigenvalue weighted by molar-refractivity contribution is -0.0198. The summed E-state index contributed by atoms with van der Waals surface area (Å²) in [5, 5.41) is 3.71. The van der Waals surface area contributed by atoms with Crippen LogP contribution in [0.5, 0.6) is 0 Å². The maximum atomic E-state index is 5.56. The van der Waals surface area contributed by atoms with Crippen molar-refractivity contribution >= 4 is 0 Å². The number of ether oxygens (including phenoxy) is 1. The third kappa shape index (κ3) is 4.44. The maximum Gasteiger partial charge on any atom is 0.0619 e. The van der Waals surface area contributed by atoms with E-state index in [9.17, 15) is 0 Å². The Hall–Kier alpha value is -0.120. The lowest BCUT2D eigenvalue weighted by Gasteiger charge is -2.41. The van der Waals surface area contributed by atoms with Gasteiger partial charge in [-0.2, -0.15) is 0 Å². The van der Waals surface area contributed by atoms with Gasteiger partial charge in [0.05, 0.1) is 13.2 Å². The summed E-state index contributed by atoms with van der Waals surface area (Å²) >= 11 is 0. The zero-order chi connectivity index (χ0) is 13.7. The van der Waals surface area contributed by atoms with Crippen molar-refractivity contribution in [2.24, 2.45) is 11.3 Å². The SMILES string of the molecule is CC(C)CNCC1(CN2CCOCC2C)CCCC1. The van der Waals surface area contributed by atoms with Gasteiger partial charge in [0.15, 0.2) is 0 Å². The van der Waals surface area contributed by atoms with E-state index in [4.69, 9.17) is 4.74 Å². The normalized spacial score (nSPS) is 28.1. The van der Waals surface area contributed by atoms with Crippen LogP contribution in [-0.4, -0.2) is 50.3 Å². The highest BCUT2D eigenvalue weighted by molar-refractivity contribution is 4.91. The molecule has 0 bridgehead atoms. The Bertz CT molecular complexity index is 261. The molecule has 112 valence electrons. The number of rotatable bonds is 6. The van der Waals surface area contributed by atoms with Crippen LogP contribution in [0, 0.1) is 11.3 Å². The lowest BCUT2D eigenvalue weighted by atomic mass is 9.84. The summed E-state index contributed by atoms with van der Waals surface area (Å²) in [6.07, 6.45) is 5.65. The van der Waals surface area contributed by atoms with Gasteiger partial charge in [0, 0.05) is 25.7 Å². The standard InChI is InChI=1S/C16H32N2O/c1-14(2)10-17-12-16(6-4-5-7-16)13-18-8-9-19-11-15(18)3/h14-15,17H,4-13H2,1-3H3. The molecule has 1 saturated carbocycles. The molecule has 0 spiro atoms. The van der Waals surface area contributed by atoms with Gasteiger partial charge in [0.1, 0.15) is 0 Å². The third-order valence-corrected chi connectivity index (χ3v) is 4.76. The fourth-order valence-electron chi connectivity index (χ4n) is 3.57. The van der Waals surface area contributed by atoms with E-state index in [0.29, 0.717) is 11.5 Å². The molecule has 0 aromatic heterocycles. The lowest BCUT2D eigenvalue weighted by Crippen LogP contribution is -2.50. The van der Waals surface area contributed by atoms with Crippen LogP contribution in [0.25, 0.3) is 0 Å². The fraction of sp³-hybridized carbons (Fsp3) is 1.00. The second kappa shape index (κ2) is 7.05. The highest BCUT2D eigenvalue weighted by atomic mass is 16.5. The Labute approximate surface area is 119 Å². The molecule has 0 amide bonds. The minimum absolute atomic E-state index is 0.528. The zero-order valence-corrected chi connectivity index (χ0v) is 13.1. The molecule has 0 aromatic carbocycles. The van der Waals surface area contributed by atoms with Crippen LogP contribution in [0.1, 0.15) is 46.5 Å². The Balaban J connectivity index is 1.87. The zero-order valence-electron chi connectivity index (χ0n) is 13.1. The number of hydrogen-bond donors (Lipinski definition) is 1. The molecular weight excluding hydrogens is 236 g/mol. The fourth-order valence-corrected chi connectivity index (χ4v) is 3.57. The van der Waals surface area contributed by atoms with Gasteiger partial charge in [-0.3, -0.25) is 4.90 Å². The van der Waals surface area contributed by atoms with Crippen molar-refractivity contribution in [2.75, 3.05) is 39.4 Å². The van der Waals surface area contributed by atoms with Gasteiger partial charge in [-0.1, -0.05) is 26.7 Å². The highest BCUT2D eigenvalue weighted by Crippen LogP contribution is 2.38. The quantitative estimate of drug-likeness (QED) is 0.801. The first-order chi connectivity index (χ1) is 9.11. The summed E-state index contributed by atoms with van der Waals surface area (Å²) in [6, 6.07) is 0.594. The molecule has 2 fully saturated rings.